The fourth-order valence-corrected chi connectivity index (χ4v) is 10.9. The van der Waals surface area contributed by atoms with Gasteiger partial charge in [-0.3, -0.25) is 0 Å². The molecule has 0 aliphatic rings. The van der Waals surface area contributed by atoms with Gasteiger partial charge in [-0.2, -0.15) is 0 Å². The smallest absolute Gasteiger partial charge is 0.160 e. The molecule has 0 amide bonds. The monoisotopic (exact) mass is 1000 g/mol. The second-order valence-corrected chi connectivity index (χ2v) is 20.1. The van der Waals surface area contributed by atoms with E-state index < -0.39 is 0 Å². The molecule has 0 unspecified atom stereocenters. The van der Waals surface area contributed by atoms with Crippen LogP contribution in [0.5, 0.6) is 0 Å². The fraction of sp³-hybridized carbons (Fsp3) is 0.0411. The van der Waals surface area contributed by atoms with Gasteiger partial charge in [-0.1, -0.05) is 187 Å². The lowest BCUT2D eigenvalue weighted by molar-refractivity contribution is 1.18. The molecule has 0 saturated heterocycles. The molecule has 0 atom stereocenters. The van der Waals surface area contributed by atoms with E-state index in [1.165, 1.54) is 44.2 Å². The minimum Gasteiger partial charge on any atom is -0.310 e. The largest absolute Gasteiger partial charge is 0.310 e. The number of para-hydroxylation sites is 2. The minimum atomic E-state index is 0.711. The number of benzene rings is 11. The summed E-state index contributed by atoms with van der Waals surface area (Å²) in [5, 5.41) is 2.34. The third kappa shape index (κ3) is 9.29. The first-order valence-electron chi connectivity index (χ1n) is 26.6. The molecule has 5 nitrogen and oxygen atoms in total. The standard InChI is InChI=1S/C73H55N5/c1-50-24-35-61(36-25-50)76(59-20-12-6-13-21-59)64-41-44-71-67(47-64)68-48-65(77(60-22-14-7-15-23-60)62-37-26-51(2)27-38-62)42-45-72(68)78(71)63-39-32-54(33-40-63)66-43-34-58(46-52(66)3)53-28-30-56(31-29-53)70-49-69(55-16-8-4-9-17-55)74-73(75-70)57-18-10-5-11-19-57/h4-49H,1-3H3. The van der Waals surface area contributed by atoms with Crippen LogP contribution in [-0.4, -0.2) is 14.5 Å². The van der Waals surface area contributed by atoms with Crippen molar-refractivity contribution in [1.82, 2.24) is 14.5 Å². The Morgan fingerprint density at radius 1 is 0.295 bits per heavy atom. The Morgan fingerprint density at radius 3 is 1.18 bits per heavy atom. The van der Waals surface area contributed by atoms with Crippen LogP contribution < -0.4 is 9.80 Å². The third-order valence-corrected chi connectivity index (χ3v) is 14.9. The van der Waals surface area contributed by atoms with Gasteiger partial charge in [-0.15, -0.1) is 0 Å². The molecule has 78 heavy (non-hydrogen) atoms. The highest BCUT2D eigenvalue weighted by molar-refractivity contribution is 6.12. The molecule has 372 valence electrons. The van der Waals surface area contributed by atoms with Gasteiger partial charge in [-0.25, -0.2) is 9.97 Å². The zero-order valence-electron chi connectivity index (χ0n) is 43.8. The summed E-state index contributed by atoms with van der Waals surface area (Å²) < 4.78 is 2.42. The van der Waals surface area contributed by atoms with Gasteiger partial charge < -0.3 is 14.4 Å². The van der Waals surface area contributed by atoms with Crippen LogP contribution in [0.2, 0.25) is 0 Å². The highest BCUT2D eigenvalue weighted by atomic mass is 15.1. The van der Waals surface area contributed by atoms with Crippen LogP contribution in [0.4, 0.5) is 34.1 Å². The molecule has 0 saturated carbocycles. The summed E-state index contributed by atoms with van der Waals surface area (Å²) >= 11 is 0. The molecule has 11 aromatic carbocycles. The molecule has 0 radical (unpaired) electrons. The van der Waals surface area contributed by atoms with Crippen LogP contribution in [-0.2, 0) is 0 Å². The molecule has 13 aromatic rings. The van der Waals surface area contributed by atoms with Gasteiger partial charge in [0.05, 0.1) is 22.4 Å². The number of aromatic nitrogens is 3. The zero-order valence-corrected chi connectivity index (χ0v) is 43.8. The van der Waals surface area contributed by atoms with Crippen LogP contribution in [0.3, 0.4) is 0 Å². The van der Waals surface area contributed by atoms with Crippen molar-refractivity contribution in [2.24, 2.45) is 0 Å². The summed E-state index contributed by atoms with van der Waals surface area (Å²) in [4.78, 5) is 14.8. The maximum Gasteiger partial charge on any atom is 0.160 e. The maximum atomic E-state index is 5.06. The van der Waals surface area contributed by atoms with E-state index in [9.17, 15) is 0 Å². The van der Waals surface area contributed by atoms with Crippen molar-refractivity contribution in [3.8, 4) is 61.8 Å². The van der Waals surface area contributed by atoms with Crippen molar-refractivity contribution < 1.29 is 0 Å². The predicted molar refractivity (Wildman–Crippen MR) is 327 cm³/mol. The number of hydrogen-bond donors (Lipinski definition) is 0. The van der Waals surface area contributed by atoms with E-state index in [0.29, 0.717) is 5.82 Å². The van der Waals surface area contributed by atoms with Crippen LogP contribution in [0.25, 0.3) is 83.6 Å². The number of fused-ring (bicyclic) bond motifs is 3. The number of rotatable bonds is 12. The van der Waals surface area contributed by atoms with Gasteiger partial charge in [-0.05, 0) is 152 Å². The van der Waals surface area contributed by atoms with E-state index in [1.807, 2.05) is 36.4 Å². The van der Waals surface area contributed by atoms with Crippen molar-refractivity contribution in [1.29, 1.82) is 0 Å². The fourth-order valence-electron chi connectivity index (χ4n) is 10.9. The average molecular weight is 1000 g/mol. The van der Waals surface area contributed by atoms with Crippen LogP contribution in [0, 0.1) is 20.8 Å². The molecule has 2 heterocycles. The third-order valence-electron chi connectivity index (χ3n) is 14.9. The van der Waals surface area contributed by atoms with Crippen molar-refractivity contribution in [3.05, 3.63) is 296 Å². The molecule has 0 aliphatic heterocycles. The zero-order chi connectivity index (χ0) is 52.5. The summed E-state index contributed by atoms with van der Waals surface area (Å²) in [6, 6.07) is 100. The molecule has 0 aliphatic carbocycles. The quantitative estimate of drug-likeness (QED) is 0.122. The summed E-state index contributed by atoms with van der Waals surface area (Å²) in [7, 11) is 0. The second kappa shape index (κ2) is 20.6. The van der Waals surface area contributed by atoms with Gasteiger partial charge >= 0.3 is 0 Å². The lowest BCUT2D eigenvalue weighted by atomic mass is 9.95. The number of nitrogens with zero attached hydrogens (tertiary/aromatic N) is 5. The van der Waals surface area contributed by atoms with E-state index in [2.05, 4.69) is 278 Å². The van der Waals surface area contributed by atoms with E-state index >= 15 is 0 Å². The molecular weight excluding hydrogens is 947 g/mol. The Morgan fingerprint density at radius 2 is 0.692 bits per heavy atom. The predicted octanol–water partition coefficient (Wildman–Crippen LogP) is 19.8. The Hall–Kier alpha value is -10.1. The van der Waals surface area contributed by atoms with Gasteiger partial charge in [0.1, 0.15) is 0 Å². The molecule has 0 bridgehead atoms. The first kappa shape index (κ1) is 47.6. The topological polar surface area (TPSA) is 37.2 Å². The Balaban J connectivity index is 0.862. The summed E-state index contributed by atoms with van der Waals surface area (Å²) in [5.41, 5.74) is 23.2. The van der Waals surface area contributed by atoms with Crippen molar-refractivity contribution >= 4 is 55.9 Å². The summed E-state index contributed by atoms with van der Waals surface area (Å²) in [6.45, 7) is 6.49. The molecule has 0 spiro atoms. The van der Waals surface area contributed by atoms with E-state index in [0.717, 1.165) is 84.5 Å². The molecule has 0 fully saturated rings. The Kier molecular flexibility index (Phi) is 12.5. The van der Waals surface area contributed by atoms with Gasteiger partial charge in [0.2, 0.25) is 0 Å². The first-order chi connectivity index (χ1) is 38.4. The average Bonchev–Trinajstić information content (AvgIpc) is 3.87. The Labute approximate surface area is 456 Å². The molecule has 0 N–H and O–H groups in total. The lowest BCUT2D eigenvalue weighted by Gasteiger charge is -2.26. The second-order valence-electron chi connectivity index (χ2n) is 20.1. The SMILES string of the molecule is Cc1ccc(N(c2ccccc2)c2ccc3c(c2)c2cc(N(c4ccccc4)c4ccc(C)cc4)ccc2n3-c2ccc(-c3ccc(-c4ccc(-c5cc(-c6ccccc6)nc(-c6ccccc6)n5)cc4)cc3C)cc2)cc1. The number of aryl methyl sites for hydroxylation is 3. The first-order valence-corrected chi connectivity index (χ1v) is 26.6. The number of hydrogen-bond acceptors (Lipinski definition) is 4. The van der Waals surface area contributed by atoms with Gasteiger partial charge in [0.25, 0.3) is 0 Å². The van der Waals surface area contributed by atoms with Gasteiger partial charge in [0.15, 0.2) is 5.82 Å². The van der Waals surface area contributed by atoms with Gasteiger partial charge in [0, 0.05) is 67.3 Å². The molecule has 13 rings (SSSR count). The molecular formula is C73H55N5. The molecule has 2 aromatic heterocycles. The van der Waals surface area contributed by atoms with E-state index in [-0.39, 0.29) is 0 Å². The van der Waals surface area contributed by atoms with Crippen LogP contribution >= 0.6 is 0 Å². The maximum absolute atomic E-state index is 5.06. The highest BCUT2D eigenvalue weighted by Gasteiger charge is 2.21. The van der Waals surface area contributed by atoms with Crippen LogP contribution in [0.1, 0.15) is 16.7 Å². The lowest BCUT2D eigenvalue weighted by Crippen LogP contribution is -2.10. The van der Waals surface area contributed by atoms with Crippen molar-refractivity contribution in [2.75, 3.05) is 9.80 Å². The van der Waals surface area contributed by atoms with E-state index in [4.69, 9.17) is 9.97 Å². The summed E-state index contributed by atoms with van der Waals surface area (Å²) in [5.74, 6) is 0.711. The van der Waals surface area contributed by atoms with Crippen LogP contribution in [0.15, 0.2) is 279 Å². The number of anilines is 6. The minimum absolute atomic E-state index is 0.711. The normalized spacial score (nSPS) is 11.3. The summed E-state index contributed by atoms with van der Waals surface area (Å²) in [6.07, 6.45) is 0. The van der Waals surface area contributed by atoms with E-state index in [1.54, 1.807) is 0 Å². The highest BCUT2D eigenvalue weighted by Crippen LogP contribution is 2.43. The molecule has 5 heteroatoms. The van der Waals surface area contributed by atoms with Crippen molar-refractivity contribution in [2.45, 2.75) is 20.8 Å². The Bertz CT molecular complexity index is 4030. The van der Waals surface area contributed by atoms with Crippen molar-refractivity contribution in [3.63, 3.8) is 0 Å².